The Bertz CT molecular complexity index is 784. The minimum Gasteiger partial charge on any atom is -0.346 e. The lowest BCUT2D eigenvalue weighted by Gasteiger charge is -2.18. The van der Waals surface area contributed by atoms with E-state index in [1.54, 1.807) is 4.90 Å². The summed E-state index contributed by atoms with van der Waals surface area (Å²) in [6.07, 6.45) is 4.00. The van der Waals surface area contributed by atoms with E-state index in [2.05, 4.69) is 10.9 Å². The number of benzene rings is 2. The molecule has 0 spiro atoms. The third kappa shape index (κ3) is 5.77. The Morgan fingerprint density at radius 3 is 2.68 bits per heavy atom. The molecule has 0 radical (unpaired) electrons. The van der Waals surface area contributed by atoms with Crippen molar-refractivity contribution in [3.8, 4) is 0 Å². The van der Waals surface area contributed by atoms with Crippen molar-refractivity contribution in [3.05, 3.63) is 70.5 Å². The summed E-state index contributed by atoms with van der Waals surface area (Å²) < 4.78 is 13.1. The van der Waals surface area contributed by atoms with E-state index >= 15 is 0 Å². The number of halogens is 2. The average molecular weight is 404 g/mol. The van der Waals surface area contributed by atoms with E-state index in [0.717, 1.165) is 36.9 Å². The Kier molecular flexibility index (Phi) is 7.43. The number of nitrogens with one attached hydrogen (secondary N) is 2. The molecule has 3 rings (SSSR count). The predicted octanol–water partition coefficient (Wildman–Crippen LogP) is 4.26. The topological polar surface area (TPSA) is 44.4 Å². The van der Waals surface area contributed by atoms with Gasteiger partial charge in [-0.2, -0.15) is 0 Å². The molecule has 2 atom stereocenters. The van der Waals surface area contributed by atoms with Gasteiger partial charge in [0.05, 0.1) is 0 Å². The van der Waals surface area contributed by atoms with Crippen LogP contribution in [0.2, 0.25) is 5.02 Å². The summed E-state index contributed by atoms with van der Waals surface area (Å²) in [4.78, 5) is 14.1. The maximum absolute atomic E-state index is 13.1. The van der Waals surface area contributed by atoms with Crippen molar-refractivity contribution in [2.75, 3.05) is 13.6 Å². The van der Waals surface area contributed by atoms with E-state index in [1.807, 2.05) is 43.4 Å². The number of aryl methyl sites for hydroxylation is 1. The minimum atomic E-state index is -0.214. The average Bonchev–Trinajstić information content (AvgIpc) is 3.16. The fourth-order valence-corrected chi connectivity index (χ4v) is 3.79. The van der Waals surface area contributed by atoms with Crippen LogP contribution in [0.3, 0.4) is 0 Å². The summed E-state index contributed by atoms with van der Waals surface area (Å²) in [5.74, 6) is -0.0740. The van der Waals surface area contributed by atoms with Gasteiger partial charge >= 0.3 is 0 Å². The van der Waals surface area contributed by atoms with E-state index in [9.17, 15) is 9.18 Å². The largest absolute Gasteiger partial charge is 0.346 e. The minimum absolute atomic E-state index is 0.140. The van der Waals surface area contributed by atoms with Crippen molar-refractivity contribution in [2.45, 2.75) is 44.2 Å². The van der Waals surface area contributed by atoms with Gasteiger partial charge in [0.15, 0.2) is 0 Å². The Labute approximate surface area is 171 Å². The number of hydrogen-bond donors (Lipinski definition) is 2. The first-order valence-corrected chi connectivity index (χ1v) is 10.1. The molecule has 1 saturated heterocycles. The highest BCUT2D eigenvalue weighted by atomic mass is 35.5. The third-order valence-electron chi connectivity index (χ3n) is 5.29. The Morgan fingerprint density at radius 2 is 1.93 bits per heavy atom. The van der Waals surface area contributed by atoms with Crippen LogP contribution in [0.5, 0.6) is 0 Å². The molecule has 1 aliphatic rings. The fraction of sp³-hybridized carbons (Fsp3) is 0.409. The molecule has 0 saturated carbocycles. The highest BCUT2D eigenvalue weighted by Crippen LogP contribution is 2.24. The van der Waals surface area contributed by atoms with Gasteiger partial charge in [-0.1, -0.05) is 41.9 Å². The summed E-state index contributed by atoms with van der Waals surface area (Å²) in [5.41, 5.74) is 8.69. The highest BCUT2D eigenvalue weighted by Gasteiger charge is 2.24. The third-order valence-corrected chi connectivity index (χ3v) is 5.66. The van der Waals surface area contributed by atoms with Crippen molar-refractivity contribution >= 4 is 17.5 Å². The van der Waals surface area contributed by atoms with Crippen molar-refractivity contribution < 1.29 is 9.18 Å². The van der Waals surface area contributed by atoms with Crippen LogP contribution >= 0.6 is 11.6 Å². The molecule has 2 N–H and O–H groups in total. The number of hydrazine groups is 1. The summed E-state index contributed by atoms with van der Waals surface area (Å²) in [5, 5.41) is 0.716. The zero-order chi connectivity index (χ0) is 19.9. The second-order valence-corrected chi connectivity index (χ2v) is 7.78. The van der Waals surface area contributed by atoms with Gasteiger partial charge in [-0.3, -0.25) is 15.6 Å². The van der Waals surface area contributed by atoms with Crippen LogP contribution in [-0.4, -0.2) is 30.4 Å². The van der Waals surface area contributed by atoms with Crippen LogP contribution in [-0.2, 0) is 11.2 Å². The molecule has 2 aromatic rings. The van der Waals surface area contributed by atoms with Crippen LogP contribution in [0, 0.1) is 5.82 Å². The zero-order valence-corrected chi connectivity index (χ0v) is 16.9. The first-order valence-electron chi connectivity index (χ1n) is 9.77. The number of rotatable bonds is 8. The smallest absolute Gasteiger partial charge is 0.222 e. The van der Waals surface area contributed by atoms with Gasteiger partial charge in [0.25, 0.3) is 0 Å². The van der Waals surface area contributed by atoms with Crippen LogP contribution in [0.25, 0.3) is 0 Å². The molecule has 1 heterocycles. The lowest BCUT2D eigenvalue weighted by atomic mass is 9.99. The van der Waals surface area contributed by atoms with Gasteiger partial charge in [-0.15, -0.1) is 0 Å². The second kappa shape index (κ2) is 10.0. The first-order chi connectivity index (χ1) is 13.5. The van der Waals surface area contributed by atoms with E-state index in [0.29, 0.717) is 23.9 Å². The molecular formula is C22H27ClFN3O. The predicted molar refractivity (Wildman–Crippen MR) is 110 cm³/mol. The van der Waals surface area contributed by atoms with E-state index < -0.39 is 0 Å². The molecule has 4 nitrogen and oxygen atoms in total. The quantitative estimate of drug-likeness (QED) is 0.692. The van der Waals surface area contributed by atoms with Gasteiger partial charge in [-0.05, 0) is 55.0 Å². The SMILES string of the molecule is CN(CCCC1CC(c2ccc(F)cc2)NN1)C(=O)CCc1ccccc1Cl. The Balaban J connectivity index is 1.36. The van der Waals surface area contributed by atoms with Crippen LogP contribution < -0.4 is 10.9 Å². The monoisotopic (exact) mass is 403 g/mol. The van der Waals surface area contributed by atoms with Crippen LogP contribution in [0.4, 0.5) is 4.39 Å². The van der Waals surface area contributed by atoms with Crippen molar-refractivity contribution in [3.63, 3.8) is 0 Å². The van der Waals surface area contributed by atoms with Crippen LogP contribution in [0.15, 0.2) is 48.5 Å². The number of carbonyl (C=O) groups is 1. The number of hydrogen-bond acceptors (Lipinski definition) is 3. The van der Waals surface area contributed by atoms with Gasteiger partial charge in [0.1, 0.15) is 5.82 Å². The fourth-order valence-electron chi connectivity index (χ4n) is 3.56. The lowest BCUT2D eigenvalue weighted by Crippen LogP contribution is -2.32. The standard InChI is InChI=1S/C22H27ClFN3O/c1-27(22(28)13-10-16-5-2-3-7-20(16)23)14-4-6-19-15-21(26-25-19)17-8-11-18(24)12-9-17/h2-3,5,7-9,11-12,19,21,25-26H,4,6,10,13-15H2,1H3. The van der Waals surface area contributed by atoms with Crippen molar-refractivity contribution in [2.24, 2.45) is 0 Å². The molecule has 0 aromatic heterocycles. The number of carbonyl (C=O) groups excluding carboxylic acids is 1. The zero-order valence-electron chi connectivity index (χ0n) is 16.1. The molecule has 2 unspecified atom stereocenters. The maximum atomic E-state index is 13.1. The molecule has 0 bridgehead atoms. The van der Waals surface area contributed by atoms with E-state index in [1.165, 1.54) is 12.1 Å². The molecule has 2 aromatic carbocycles. The summed E-state index contributed by atoms with van der Waals surface area (Å²) in [7, 11) is 1.86. The number of amides is 1. The maximum Gasteiger partial charge on any atom is 0.222 e. The summed E-state index contributed by atoms with van der Waals surface area (Å²) in [6.45, 7) is 0.737. The Morgan fingerprint density at radius 1 is 1.18 bits per heavy atom. The van der Waals surface area contributed by atoms with Crippen molar-refractivity contribution in [1.82, 2.24) is 15.8 Å². The van der Waals surface area contributed by atoms with Gasteiger partial charge < -0.3 is 4.90 Å². The molecule has 1 aliphatic heterocycles. The summed E-state index contributed by atoms with van der Waals surface area (Å²) in [6, 6.07) is 14.8. The van der Waals surface area contributed by atoms with E-state index in [4.69, 9.17) is 11.6 Å². The Hall–Kier alpha value is -1.95. The van der Waals surface area contributed by atoms with Gasteiger partial charge in [0.2, 0.25) is 5.91 Å². The highest BCUT2D eigenvalue weighted by molar-refractivity contribution is 6.31. The molecule has 1 fully saturated rings. The first kappa shape index (κ1) is 20.8. The van der Waals surface area contributed by atoms with Gasteiger partial charge in [-0.25, -0.2) is 4.39 Å². The number of nitrogens with zero attached hydrogens (tertiary/aromatic N) is 1. The second-order valence-electron chi connectivity index (χ2n) is 7.37. The molecule has 150 valence electrons. The summed E-state index contributed by atoms with van der Waals surface area (Å²) >= 11 is 6.15. The molecule has 1 amide bonds. The van der Waals surface area contributed by atoms with Crippen LogP contribution in [0.1, 0.15) is 42.9 Å². The normalized spacial score (nSPS) is 19.0. The van der Waals surface area contributed by atoms with Gasteiger partial charge in [0, 0.05) is 37.1 Å². The lowest BCUT2D eigenvalue weighted by molar-refractivity contribution is -0.129. The van der Waals surface area contributed by atoms with Crippen molar-refractivity contribution in [1.29, 1.82) is 0 Å². The molecular weight excluding hydrogens is 377 g/mol. The molecule has 6 heteroatoms. The van der Waals surface area contributed by atoms with E-state index in [-0.39, 0.29) is 17.8 Å². The molecule has 28 heavy (non-hydrogen) atoms. The molecule has 0 aliphatic carbocycles.